The lowest BCUT2D eigenvalue weighted by Gasteiger charge is -2.06. The lowest BCUT2D eigenvalue weighted by atomic mass is 10.1. The van der Waals surface area contributed by atoms with E-state index in [-0.39, 0.29) is 5.91 Å². The molecule has 2 rings (SSSR count). The highest BCUT2D eigenvalue weighted by Crippen LogP contribution is 2.24. The van der Waals surface area contributed by atoms with Gasteiger partial charge in [-0.2, -0.15) is 0 Å². The predicted octanol–water partition coefficient (Wildman–Crippen LogP) is 2.02. The molecule has 0 radical (unpaired) electrons. The van der Waals surface area contributed by atoms with E-state index in [0.717, 1.165) is 22.1 Å². The number of nitrogens with one attached hydrogen (secondary N) is 1. The zero-order chi connectivity index (χ0) is 14.5. The monoisotopic (exact) mass is 290 g/mol. The number of hydrogen-bond acceptors (Lipinski definition) is 4. The summed E-state index contributed by atoms with van der Waals surface area (Å²) < 4.78 is 1.92. The van der Waals surface area contributed by atoms with Crippen LogP contribution in [0.15, 0.2) is 29.4 Å². The SMILES string of the molecule is CCNC(=O)CSc1nnc(-c2ccccc2C)n1C. The minimum Gasteiger partial charge on any atom is -0.356 e. The quantitative estimate of drug-likeness (QED) is 0.856. The third-order valence-corrected chi connectivity index (χ3v) is 3.95. The van der Waals surface area contributed by atoms with E-state index in [2.05, 4.69) is 15.5 Å². The Morgan fingerprint density at radius 3 is 2.80 bits per heavy atom. The van der Waals surface area contributed by atoms with Crippen LogP contribution in [0.5, 0.6) is 0 Å². The van der Waals surface area contributed by atoms with Gasteiger partial charge in [0, 0.05) is 19.2 Å². The molecule has 1 aromatic carbocycles. The van der Waals surface area contributed by atoms with Gasteiger partial charge < -0.3 is 9.88 Å². The minimum absolute atomic E-state index is 0.0120. The number of aromatic nitrogens is 3. The molecule has 5 nitrogen and oxygen atoms in total. The molecule has 0 aliphatic heterocycles. The molecule has 0 aliphatic carbocycles. The Kier molecular flexibility index (Phi) is 4.79. The van der Waals surface area contributed by atoms with E-state index in [1.807, 2.05) is 49.7 Å². The molecule has 0 fully saturated rings. The number of aryl methyl sites for hydroxylation is 1. The van der Waals surface area contributed by atoms with Gasteiger partial charge in [-0.25, -0.2) is 0 Å². The minimum atomic E-state index is 0.0120. The van der Waals surface area contributed by atoms with E-state index < -0.39 is 0 Å². The maximum atomic E-state index is 11.5. The van der Waals surface area contributed by atoms with Crippen molar-refractivity contribution in [2.24, 2.45) is 7.05 Å². The van der Waals surface area contributed by atoms with Crippen LogP contribution in [-0.4, -0.2) is 33.0 Å². The van der Waals surface area contributed by atoms with Crippen LogP contribution >= 0.6 is 11.8 Å². The topological polar surface area (TPSA) is 59.8 Å². The van der Waals surface area contributed by atoms with E-state index in [4.69, 9.17) is 0 Å². The van der Waals surface area contributed by atoms with E-state index in [1.165, 1.54) is 11.8 Å². The van der Waals surface area contributed by atoms with Gasteiger partial charge in [-0.3, -0.25) is 4.79 Å². The fourth-order valence-corrected chi connectivity index (χ4v) is 2.62. The lowest BCUT2D eigenvalue weighted by molar-refractivity contribution is -0.118. The van der Waals surface area contributed by atoms with Crippen molar-refractivity contribution in [1.82, 2.24) is 20.1 Å². The average molecular weight is 290 g/mol. The van der Waals surface area contributed by atoms with Gasteiger partial charge in [0.25, 0.3) is 0 Å². The van der Waals surface area contributed by atoms with Gasteiger partial charge in [0.15, 0.2) is 11.0 Å². The number of hydrogen-bond donors (Lipinski definition) is 1. The zero-order valence-electron chi connectivity index (χ0n) is 11.9. The van der Waals surface area contributed by atoms with Crippen molar-refractivity contribution < 1.29 is 4.79 Å². The Morgan fingerprint density at radius 2 is 2.10 bits per heavy atom. The summed E-state index contributed by atoms with van der Waals surface area (Å²) in [5, 5.41) is 11.9. The molecule has 1 aromatic heterocycles. The summed E-state index contributed by atoms with van der Waals surface area (Å²) >= 11 is 1.39. The van der Waals surface area contributed by atoms with Crippen LogP contribution in [0, 0.1) is 6.92 Å². The lowest BCUT2D eigenvalue weighted by Crippen LogP contribution is -2.24. The van der Waals surface area contributed by atoms with Crippen LogP contribution < -0.4 is 5.32 Å². The zero-order valence-corrected chi connectivity index (χ0v) is 12.7. The van der Waals surface area contributed by atoms with Crippen molar-refractivity contribution >= 4 is 17.7 Å². The maximum Gasteiger partial charge on any atom is 0.230 e. The Labute approximate surface area is 122 Å². The molecule has 2 aromatic rings. The molecule has 0 spiro atoms. The van der Waals surface area contributed by atoms with E-state index in [0.29, 0.717) is 12.3 Å². The van der Waals surface area contributed by atoms with E-state index >= 15 is 0 Å². The number of nitrogens with zero attached hydrogens (tertiary/aromatic N) is 3. The van der Waals surface area contributed by atoms with E-state index in [9.17, 15) is 4.79 Å². The van der Waals surface area contributed by atoms with Gasteiger partial charge in [-0.1, -0.05) is 36.0 Å². The molecular formula is C14H18N4OS. The Hall–Kier alpha value is -1.82. The molecule has 1 amide bonds. The van der Waals surface area contributed by atoms with E-state index in [1.54, 1.807) is 0 Å². The first-order valence-electron chi connectivity index (χ1n) is 6.48. The van der Waals surface area contributed by atoms with Crippen LogP contribution in [0.2, 0.25) is 0 Å². The van der Waals surface area contributed by atoms with Crippen LogP contribution in [0.1, 0.15) is 12.5 Å². The fraction of sp³-hybridized carbons (Fsp3) is 0.357. The summed E-state index contributed by atoms with van der Waals surface area (Å²) in [6.45, 7) is 4.60. The van der Waals surface area contributed by atoms with Gasteiger partial charge >= 0.3 is 0 Å². The number of benzene rings is 1. The highest BCUT2D eigenvalue weighted by Gasteiger charge is 2.13. The first-order chi connectivity index (χ1) is 9.63. The average Bonchev–Trinajstić information content (AvgIpc) is 2.79. The second kappa shape index (κ2) is 6.56. The molecule has 0 aliphatic rings. The van der Waals surface area contributed by atoms with Crippen molar-refractivity contribution in [1.29, 1.82) is 0 Å². The summed E-state index contributed by atoms with van der Waals surface area (Å²) in [6.07, 6.45) is 0. The normalized spacial score (nSPS) is 10.6. The Balaban J connectivity index is 2.15. The van der Waals surface area contributed by atoms with Crippen molar-refractivity contribution in [2.45, 2.75) is 19.0 Å². The van der Waals surface area contributed by atoms with Gasteiger partial charge in [0.1, 0.15) is 0 Å². The van der Waals surface area contributed by atoms with Crippen LogP contribution in [0.4, 0.5) is 0 Å². The summed E-state index contributed by atoms with van der Waals surface area (Å²) in [4.78, 5) is 11.5. The number of carbonyl (C=O) groups excluding carboxylic acids is 1. The summed E-state index contributed by atoms with van der Waals surface area (Å²) in [6, 6.07) is 8.06. The van der Waals surface area contributed by atoms with Crippen molar-refractivity contribution in [2.75, 3.05) is 12.3 Å². The third-order valence-electron chi connectivity index (χ3n) is 2.93. The van der Waals surface area contributed by atoms with Crippen LogP contribution in [-0.2, 0) is 11.8 Å². The standard InChI is InChI=1S/C14H18N4OS/c1-4-15-12(19)9-20-14-17-16-13(18(14)3)11-8-6-5-7-10(11)2/h5-8H,4,9H2,1-3H3,(H,15,19). The number of thioether (sulfide) groups is 1. The highest BCUT2D eigenvalue weighted by atomic mass is 32.2. The Bertz CT molecular complexity index is 609. The number of amides is 1. The number of carbonyl (C=O) groups is 1. The number of rotatable bonds is 5. The first-order valence-corrected chi connectivity index (χ1v) is 7.47. The highest BCUT2D eigenvalue weighted by molar-refractivity contribution is 7.99. The molecule has 106 valence electrons. The van der Waals surface area contributed by atoms with Gasteiger partial charge in [-0.05, 0) is 19.4 Å². The van der Waals surface area contributed by atoms with Crippen molar-refractivity contribution in [3.05, 3.63) is 29.8 Å². The fourth-order valence-electron chi connectivity index (χ4n) is 1.88. The van der Waals surface area contributed by atoms with Crippen molar-refractivity contribution in [3.63, 3.8) is 0 Å². The molecule has 0 saturated carbocycles. The second-order valence-corrected chi connectivity index (χ2v) is 5.36. The van der Waals surface area contributed by atoms with Gasteiger partial charge in [-0.15, -0.1) is 10.2 Å². The Morgan fingerprint density at radius 1 is 1.35 bits per heavy atom. The molecular weight excluding hydrogens is 272 g/mol. The summed E-state index contributed by atoms with van der Waals surface area (Å²) in [7, 11) is 1.92. The van der Waals surface area contributed by atoms with Gasteiger partial charge in [0.2, 0.25) is 5.91 Å². The van der Waals surface area contributed by atoms with Crippen LogP contribution in [0.25, 0.3) is 11.4 Å². The molecule has 1 N–H and O–H groups in total. The third kappa shape index (κ3) is 3.19. The molecule has 1 heterocycles. The second-order valence-electron chi connectivity index (χ2n) is 4.42. The van der Waals surface area contributed by atoms with Crippen molar-refractivity contribution in [3.8, 4) is 11.4 Å². The van der Waals surface area contributed by atoms with Crippen LogP contribution in [0.3, 0.4) is 0 Å². The molecule has 0 unspecified atom stereocenters. The summed E-state index contributed by atoms with van der Waals surface area (Å²) in [5.41, 5.74) is 2.22. The predicted molar refractivity (Wildman–Crippen MR) is 80.6 cm³/mol. The largest absolute Gasteiger partial charge is 0.356 e. The summed E-state index contributed by atoms with van der Waals surface area (Å²) in [5.74, 6) is 1.19. The van der Waals surface area contributed by atoms with Gasteiger partial charge in [0.05, 0.1) is 5.75 Å². The maximum absolute atomic E-state index is 11.5. The smallest absolute Gasteiger partial charge is 0.230 e. The molecule has 0 bridgehead atoms. The first kappa shape index (κ1) is 14.6. The molecule has 20 heavy (non-hydrogen) atoms. The molecule has 6 heteroatoms. The molecule has 0 atom stereocenters. The molecule has 0 saturated heterocycles.